The number of amides is 1. The molecule has 3 heterocycles. The van der Waals surface area contributed by atoms with E-state index in [2.05, 4.69) is 18.2 Å². The number of fused-ring (bicyclic) bond motifs is 4. The number of methoxy groups -OCH3 is 1. The molecule has 0 saturated carbocycles. The van der Waals surface area contributed by atoms with E-state index in [0.29, 0.717) is 18.1 Å². The Balaban J connectivity index is 1.43. The Morgan fingerprint density at radius 3 is 2.42 bits per heavy atom. The molecule has 7 rings (SSSR count). The number of thioether (sulfide) groups is 1. The summed E-state index contributed by atoms with van der Waals surface area (Å²) in [5, 5.41) is 0.194. The number of alkyl halides is 1. The molecule has 7 heteroatoms. The Hall–Kier alpha value is -4.00. The van der Waals surface area contributed by atoms with Crippen LogP contribution in [-0.4, -0.2) is 23.4 Å². The highest BCUT2D eigenvalue weighted by Crippen LogP contribution is 2.61. The highest BCUT2D eigenvalue weighted by Gasteiger charge is 2.63. The fraction of sp³-hybridized carbons (Fsp3) is 0.152. The number of hydrogen-bond donors (Lipinski definition) is 0. The third-order valence-electron chi connectivity index (χ3n) is 7.74. The summed E-state index contributed by atoms with van der Waals surface area (Å²) >= 11 is 8.74. The van der Waals surface area contributed by atoms with Crippen molar-refractivity contribution >= 4 is 45.9 Å². The molecule has 2 aliphatic rings. The molecule has 198 valence electrons. The zero-order valence-electron chi connectivity index (χ0n) is 21.7. The third-order valence-corrected chi connectivity index (χ3v) is 9.59. The molecular formula is C33H25ClN2O3S. The molecule has 0 aliphatic carbocycles. The number of hydrogen-bond acceptors (Lipinski definition) is 5. The van der Waals surface area contributed by atoms with Gasteiger partial charge in [-0.25, -0.2) is 4.98 Å². The third kappa shape index (κ3) is 3.94. The van der Waals surface area contributed by atoms with Gasteiger partial charge in [0.2, 0.25) is 11.8 Å². The molecule has 1 amide bonds. The molecule has 1 fully saturated rings. The standard InChI is InChI=1S/C33H25ClN2O3S/c1-38-23-17-15-22(16-18-23)33-20-29(40-28-14-8-7-13-27(28)36(33)32(37)30(33)34)25-19-21-9-5-6-12-26(21)35-31(25)39-24-10-3-2-4-11-24/h2-19,29-30H,20H2,1H3. The van der Waals surface area contributed by atoms with Crippen LogP contribution in [0.1, 0.15) is 22.8 Å². The zero-order valence-corrected chi connectivity index (χ0v) is 23.2. The molecule has 3 atom stereocenters. The molecule has 0 N–H and O–H groups in total. The van der Waals surface area contributed by atoms with Crippen molar-refractivity contribution in [3.63, 3.8) is 0 Å². The summed E-state index contributed by atoms with van der Waals surface area (Å²) in [6, 6.07) is 35.9. The van der Waals surface area contributed by atoms with E-state index >= 15 is 0 Å². The van der Waals surface area contributed by atoms with Gasteiger partial charge in [0.15, 0.2) is 0 Å². The first-order valence-corrected chi connectivity index (χ1v) is 14.4. The molecule has 1 saturated heterocycles. The first-order chi connectivity index (χ1) is 19.6. The maximum atomic E-state index is 13.5. The quantitative estimate of drug-likeness (QED) is 0.159. The van der Waals surface area contributed by atoms with Crippen molar-refractivity contribution in [3.8, 4) is 17.4 Å². The molecule has 2 aliphatic heterocycles. The predicted octanol–water partition coefficient (Wildman–Crippen LogP) is 8.12. The summed E-state index contributed by atoms with van der Waals surface area (Å²) in [6.45, 7) is 0. The maximum absolute atomic E-state index is 13.5. The number of carbonyl (C=O) groups is 1. The summed E-state index contributed by atoms with van der Waals surface area (Å²) in [5.74, 6) is 1.92. The fourth-order valence-electron chi connectivity index (χ4n) is 5.78. The lowest BCUT2D eigenvalue weighted by Gasteiger charge is -2.55. The van der Waals surface area contributed by atoms with Gasteiger partial charge >= 0.3 is 0 Å². The smallest absolute Gasteiger partial charge is 0.248 e. The number of para-hydroxylation sites is 3. The maximum Gasteiger partial charge on any atom is 0.248 e. The van der Waals surface area contributed by atoms with Crippen LogP contribution in [-0.2, 0) is 10.3 Å². The number of β-lactam (4-membered cyclic amide) rings is 1. The van der Waals surface area contributed by atoms with Gasteiger partial charge in [-0.15, -0.1) is 23.4 Å². The van der Waals surface area contributed by atoms with Crippen LogP contribution < -0.4 is 14.4 Å². The summed E-state index contributed by atoms with van der Waals surface area (Å²) in [4.78, 5) is 21.3. The van der Waals surface area contributed by atoms with E-state index in [1.807, 2.05) is 95.9 Å². The van der Waals surface area contributed by atoms with Crippen LogP contribution >= 0.6 is 23.4 Å². The summed E-state index contributed by atoms with van der Waals surface area (Å²) in [6.07, 6.45) is 0.573. The number of nitrogens with zero attached hydrogens (tertiary/aromatic N) is 2. The largest absolute Gasteiger partial charge is 0.497 e. The lowest BCUT2D eigenvalue weighted by molar-refractivity contribution is -0.127. The number of aromatic nitrogens is 1. The van der Waals surface area contributed by atoms with Gasteiger partial charge in [0.05, 0.1) is 23.9 Å². The molecule has 0 radical (unpaired) electrons. The van der Waals surface area contributed by atoms with Gasteiger partial charge in [0.25, 0.3) is 0 Å². The van der Waals surface area contributed by atoms with Gasteiger partial charge in [0.1, 0.15) is 16.9 Å². The van der Waals surface area contributed by atoms with Crippen LogP contribution in [0.2, 0.25) is 0 Å². The molecule has 1 aromatic heterocycles. The van der Waals surface area contributed by atoms with Crippen LogP contribution in [0.15, 0.2) is 114 Å². The van der Waals surface area contributed by atoms with E-state index in [1.54, 1.807) is 18.9 Å². The SMILES string of the molecule is COc1ccc(C23CC(c4cc5ccccc5nc4Oc4ccccc4)Sc4ccccc4N2C(=O)C3Cl)cc1. The lowest BCUT2D eigenvalue weighted by atomic mass is 9.72. The average molecular weight is 565 g/mol. The van der Waals surface area contributed by atoms with E-state index < -0.39 is 10.9 Å². The Morgan fingerprint density at radius 1 is 0.900 bits per heavy atom. The number of carbonyl (C=O) groups excluding carboxylic acids is 1. The topological polar surface area (TPSA) is 51.7 Å². The number of ether oxygens (including phenoxy) is 2. The number of rotatable bonds is 5. The van der Waals surface area contributed by atoms with Crippen LogP contribution in [0, 0.1) is 0 Å². The highest BCUT2D eigenvalue weighted by atomic mass is 35.5. The zero-order chi connectivity index (χ0) is 27.3. The molecule has 5 aromatic rings. The van der Waals surface area contributed by atoms with Crippen molar-refractivity contribution in [1.29, 1.82) is 0 Å². The van der Waals surface area contributed by atoms with Crippen molar-refractivity contribution in [2.24, 2.45) is 0 Å². The van der Waals surface area contributed by atoms with Crippen LogP contribution in [0.4, 0.5) is 5.69 Å². The van der Waals surface area contributed by atoms with Crippen molar-refractivity contribution in [3.05, 3.63) is 120 Å². The minimum atomic E-state index is -0.759. The average Bonchev–Trinajstić information content (AvgIpc) is 3.14. The van der Waals surface area contributed by atoms with Crippen LogP contribution in [0.25, 0.3) is 10.9 Å². The Labute approximate surface area is 241 Å². The molecule has 3 unspecified atom stereocenters. The van der Waals surface area contributed by atoms with Crippen LogP contribution in [0.3, 0.4) is 0 Å². The van der Waals surface area contributed by atoms with Gasteiger partial charge in [-0.1, -0.05) is 60.7 Å². The first kappa shape index (κ1) is 25.0. The van der Waals surface area contributed by atoms with Gasteiger partial charge in [-0.2, -0.15) is 0 Å². The molecule has 0 spiro atoms. The van der Waals surface area contributed by atoms with E-state index in [0.717, 1.165) is 38.4 Å². The van der Waals surface area contributed by atoms with Gasteiger partial charge in [-0.3, -0.25) is 9.69 Å². The highest BCUT2D eigenvalue weighted by molar-refractivity contribution is 7.99. The number of benzene rings is 4. The van der Waals surface area contributed by atoms with Crippen molar-refractivity contribution in [1.82, 2.24) is 4.98 Å². The molecule has 0 bridgehead atoms. The van der Waals surface area contributed by atoms with E-state index in [4.69, 9.17) is 26.1 Å². The van der Waals surface area contributed by atoms with E-state index in [9.17, 15) is 4.79 Å². The van der Waals surface area contributed by atoms with Crippen molar-refractivity contribution in [2.75, 3.05) is 12.0 Å². The minimum Gasteiger partial charge on any atom is -0.497 e. The molecule has 4 aromatic carbocycles. The van der Waals surface area contributed by atoms with Gasteiger partial charge in [-0.05, 0) is 60.5 Å². The molecule has 40 heavy (non-hydrogen) atoms. The minimum absolute atomic E-state index is 0.0939. The fourth-order valence-corrected chi connectivity index (χ4v) is 7.57. The second-order valence-electron chi connectivity index (χ2n) is 9.96. The second-order valence-corrected chi connectivity index (χ2v) is 11.6. The van der Waals surface area contributed by atoms with Crippen molar-refractivity contribution < 1.29 is 14.3 Å². The van der Waals surface area contributed by atoms with Crippen molar-refractivity contribution in [2.45, 2.75) is 27.5 Å². The Bertz CT molecular complexity index is 1730. The molecule has 5 nitrogen and oxygen atoms in total. The second kappa shape index (κ2) is 9.88. The normalized spacial score (nSPS) is 21.6. The van der Waals surface area contributed by atoms with Gasteiger partial charge in [0, 0.05) is 21.1 Å². The number of pyridine rings is 1. The number of halogens is 1. The van der Waals surface area contributed by atoms with Gasteiger partial charge < -0.3 is 9.47 Å². The number of anilines is 1. The Morgan fingerprint density at radius 2 is 1.62 bits per heavy atom. The van der Waals surface area contributed by atoms with E-state index in [-0.39, 0.29) is 11.2 Å². The van der Waals surface area contributed by atoms with E-state index in [1.165, 1.54) is 0 Å². The Kier molecular flexibility index (Phi) is 6.17. The predicted molar refractivity (Wildman–Crippen MR) is 160 cm³/mol. The van der Waals surface area contributed by atoms with Crippen LogP contribution in [0.5, 0.6) is 17.4 Å². The monoisotopic (exact) mass is 564 g/mol. The summed E-state index contributed by atoms with van der Waals surface area (Å²) in [5.41, 5.74) is 2.89. The lowest BCUT2D eigenvalue weighted by Crippen LogP contribution is -2.70. The molecular weight excluding hydrogens is 540 g/mol. The first-order valence-electron chi connectivity index (χ1n) is 13.1. The summed E-state index contributed by atoms with van der Waals surface area (Å²) in [7, 11) is 1.65. The summed E-state index contributed by atoms with van der Waals surface area (Å²) < 4.78 is 11.9.